The normalized spacial score (nSPS) is 17.3. The van der Waals surface area contributed by atoms with Gasteiger partial charge in [-0.25, -0.2) is 0 Å². The van der Waals surface area contributed by atoms with Crippen LogP contribution in [0.3, 0.4) is 0 Å². The second kappa shape index (κ2) is 11.7. The molecule has 2 aromatic carbocycles. The number of nitrogens with zero attached hydrogens (tertiary/aromatic N) is 3. The summed E-state index contributed by atoms with van der Waals surface area (Å²) in [6.45, 7) is 11.4. The fourth-order valence-electron chi connectivity index (χ4n) is 4.39. The topological polar surface area (TPSA) is 39.5 Å². The first-order valence-corrected chi connectivity index (χ1v) is 12.1. The molecule has 0 bridgehead atoms. The molecule has 0 radical (unpaired) electrons. The Morgan fingerprint density at radius 1 is 0.968 bits per heavy atom. The van der Waals surface area contributed by atoms with Crippen LogP contribution < -0.4 is 4.74 Å². The molecule has 0 amide bonds. The molecule has 31 heavy (non-hydrogen) atoms. The van der Waals surface area contributed by atoms with Crippen LogP contribution in [0.25, 0.3) is 0 Å². The maximum Gasteiger partial charge on any atom is 0.119 e. The predicted molar refractivity (Wildman–Crippen MR) is 130 cm³/mol. The molecule has 0 spiro atoms. The Morgan fingerprint density at radius 2 is 1.58 bits per heavy atom. The van der Waals surface area contributed by atoms with Gasteiger partial charge in [0, 0.05) is 37.2 Å². The average molecular weight is 484 g/mol. The minimum Gasteiger partial charge on any atom is -0.492 e. The largest absolute Gasteiger partial charge is 0.492 e. The van der Waals surface area contributed by atoms with Crippen LogP contribution in [-0.2, 0) is 5.41 Å². The van der Waals surface area contributed by atoms with Gasteiger partial charge in [0.15, 0.2) is 0 Å². The van der Waals surface area contributed by atoms with Gasteiger partial charge in [-0.05, 0) is 55.1 Å². The molecule has 2 aromatic rings. The zero-order valence-corrected chi connectivity index (χ0v) is 20.4. The predicted octanol–water partition coefficient (Wildman–Crippen LogP) is 5.34. The molecule has 1 aliphatic heterocycles. The molecule has 0 saturated carbocycles. The Morgan fingerprint density at radius 3 is 2.16 bits per heavy atom. The van der Waals surface area contributed by atoms with Gasteiger partial charge < -0.3 is 9.64 Å². The number of benzene rings is 2. The number of rotatable bonds is 10. The van der Waals surface area contributed by atoms with Crippen LogP contribution in [0.5, 0.6) is 5.75 Å². The number of ether oxygens (including phenoxy) is 1. The summed E-state index contributed by atoms with van der Waals surface area (Å²) < 4.78 is 6.93. The first kappa shape index (κ1) is 23.8. The van der Waals surface area contributed by atoms with Gasteiger partial charge >= 0.3 is 0 Å². The van der Waals surface area contributed by atoms with Gasteiger partial charge in [-0.1, -0.05) is 60.1 Å². The molecule has 166 valence electrons. The van der Waals surface area contributed by atoms with Gasteiger partial charge in [0.2, 0.25) is 0 Å². The van der Waals surface area contributed by atoms with E-state index in [1.54, 1.807) is 0 Å². The third kappa shape index (κ3) is 6.55. The van der Waals surface area contributed by atoms with Crippen LogP contribution >= 0.6 is 15.9 Å². The van der Waals surface area contributed by atoms with E-state index in [1.807, 2.05) is 42.5 Å². The van der Waals surface area contributed by atoms with Gasteiger partial charge in [-0.15, -0.1) is 0 Å². The van der Waals surface area contributed by atoms with Gasteiger partial charge in [-0.3, -0.25) is 4.90 Å². The highest BCUT2D eigenvalue weighted by Crippen LogP contribution is 2.36. The van der Waals surface area contributed by atoms with Crippen molar-refractivity contribution >= 4 is 15.9 Å². The van der Waals surface area contributed by atoms with E-state index in [1.165, 1.54) is 0 Å². The summed E-state index contributed by atoms with van der Waals surface area (Å²) in [6.07, 6.45) is 1.96. The molecule has 0 N–H and O–H groups in total. The zero-order valence-electron chi connectivity index (χ0n) is 18.8. The van der Waals surface area contributed by atoms with Crippen LogP contribution in [-0.4, -0.2) is 55.7 Å². The molecule has 5 heteroatoms. The second-order valence-corrected chi connectivity index (χ2v) is 9.61. The highest BCUT2D eigenvalue weighted by molar-refractivity contribution is 9.10. The maximum atomic E-state index is 10.1. The Hall–Kier alpha value is -1.87. The van der Waals surface area contributed by atoms with Gasteiger partial charge in [0.1, 0.15) is 12.4 Å². The lowest BCUT2D eigenvalue weighted by atomic mass is 9.70. The number of nitriles is 1. The molecule has 1 aliphatic rings. The Balaban J connectivity index is 1.39. The van der Waals surface area contributed by atoms with Crippen molar-refractivity contribution in [1.29, 1.82) is 5.26 Å². The van der Waals surface area contributed by atoms with Crippen molar-refractivity contribution in [2.75, 3.05) is 45.9 Å². The average Bonchev–Trinajstić information content (AvgIpc) is 2.79. The number of halogens is 1. The second-order valence-electron chi connectivity index (χ2n) is 8.69. The van der Waals surface area contributed by atoms with E-state index in [2.05, 4.69) is 57.8 Å². The van der Waals surface area contributed by atoms with Crippen molar-refractivity contribution in [3.05, 3.63) is 64.6 Å². The third-order valence-corrected chi connectivity index (χ3v) is 7.00. The summed E-state index contributed by atoms with van der Waals surface area (Å²) in [7, 11) is 0. The molecule has 3 rings (SSSR count). The van der Waals surface area contributed by atoms with E-state index in [4.69, 9.17) is 4.74 Å². The maximum absolute atomic E-state index is 10.1. The monoisotopic (exact) mass is 483 g/mol. The fourth-order valence-corrected chi connectivity index (χ4v) is 4.66. The molecular formula is C26H34BrN3O. The number of hydrogen-bond acceptors (Lipinski definition) is 4. The van der Waals surface area contributed by atoms with E-state index in [0.29, 0.717) is 5.92 Å². The van der Waals surface area contributed by atoms with Gasteiger partial charge in [0.25, 0.3) is 0 Å². The molecular weight excluding hydrogens is 450 g/mol. The van der Waals surface area contributed by atoms with Crippen molar-refractivity contribution in [2.45, 2.75) is 32.1 Å². The van der Waals surface area contributed by atoms with Crippen LogP contribution in [0.1, 0.15) is 32.3 Å². The van der Waals surface area contributed by atoms with E-state index in [0.717, 1.165) is 74.5 Å². The lowest BCUT2D eigenvalue weighted by Gasteiger charge is -2.36. The summed E-state index contributed by atoms with van der Waals surface area (Å²) in [5, 5.41) is 10.1. The smallest absolute Gasteiger partial charge is 0.119 e. The molecule has 1 heterocycles. The lowest BCUT2D eigenvalue weighted by Crippen LogP contribution is -2.47. The molecule has 0 aliphatic carbocycles. The lowest BCUT2D eigenvalue weighted by molar-refractivity contribution is 0.114. The molecule has 0 aromatic heterocycles. The zero-order chi connectivity index (χ0) is 22.1. The minimum atomic E-state index is -0.395. The summed E-state index contributed by atoms with van der Waals surface area (Å²) in [5.41, 5.74) is 0.760. The summed E-state index contributed by atoms with van der Waals surface area (Å²) in [5.74, 6) is 1.22. The highest BCUT2D eigenvalue weighted by atomic mass is 79.9. The van der Waals surface area contributed by atoms with E-state index in [9.17, 15) is 5.26 Å². The van der Waals surface area contributed by atoms with Gasteiger partial charge in [0.05, 0.1) is 11.5 Å². The summed E-state index contributed by atoms with van der Waals surface area (Å²) >= 11 is 3.45. The highest BCUT2D eigenvalue weighted by Gasteiger charge is 2.35. The van der Waals surface area contributed by atoms with Crippen molar-refractivity contribution in [3.63, 3.8) is 0 Å². The van der Waals surface area contributed by atoms with E-state index < -0.39 is 5.41 Å². The molecule has 1 atom stereocenters. The van der Waals surface area contributed by atoms with Crippen LogP contribution in [0.4, 0.5) is 0 Å². The minimum absolute atomic E-state index is 0.294. The first-order chi connectivity index (χ1) is 15.0. The Kier molecular flexibility index (Phi) is 8.95. The Bertz CT molecular complexity index is 826. The summed E-state index contributed by atoms with van der Waals surface area (Å²) in [6, 6.07) is 21.0. The number of piperazine rings is 1. The molecule has 1 unspecified atom stereocenters. The van der Waals surface area contributed by atoms with Crippen molar-refractivity contribution < 1.29 is 4.74 Å². The van der Waals surface area contributed by atoms with Gasteiger partial charge in [-0.2, -0.15) is 5.26 Å². The Labute approximate surface area is 195 Å². The van der Waals surface area contributed by atoms with E-state index >= 15 is 0 Å². The first-order valence-electron chi connectivity index (χ1n) is 11.3. The summed E-state index contributed by atoms with van der Waals surface area (Å²) in [4.78, 5) is 5.02. The van der Waals surface area contributed by atoms with Crippen molar-refractivity contribution in [2.24, 2.45) is 5.92 Å². The van der Waals surface area contributed by atoms with Crippen LogP contribution in [0, 0.1) is 17.2 Å². The molecule has 1 saturated heterocycles. The standard InChI is InChI=1S/C26H34BrN3O/c1-22(2)26(21-28,23-7-4-3-5-8-23)13-6-14-29-15-17-30(18-16-29)19-20-31-25-11-9-24(27)10-12-25/h3-5,7-12,22H,6,13-20H2,1-2H3. The molecule has 1 fully saturated rings. The molecule has 4 nitrogen and oxygen atoms in total. The fraction of sp³-hybridized carbons (Fsp3) is 0.500. The van der Waals surface area contributed by atoms with E-state index in [-0.39, 0.29) is 0 Å². The third-order valence-electron chi connectivity index (χ3n) is 6.47. The van der Waals surface area contributed by atoms with Crippen molar-refractivity contribution in [1.82, 2.24) is 9.80 Å². The van der Waals surface area contributed by atoms with Crippen LogP contribution in [0.2, 0.25) is 0 Å². The quantitative estimate of drug-likeness (QED) is 0.456. The van der Waals surface area contributed by atoms with Crippen LogP contribution in [0.15, 0.2) is 59.1 Å². The van der Waals surface area contributed by atoms with Crippen molar-refractivity contribution in [3.8, 4) is 11.8 Å². The number of hydrogen-bond donors (Lipinski definition) is 0. The SMILES string of the molecule is CC(C)C(C#N)(CCCN1CCN(CCOc2ccc(Br)cc2)CC1)c1ccccc1.